The van der Waals surface area contributed by atoms with E-state index < -0.39 is 0 Å². The highest BCUT2D eigenvalue weighted by atomic mass is 32.1. The van der Waals surface area contributed by atoms with Gasteiger partial charge in [-0.3, -0.25) is 4.79 Å². The van der Waals surface area contributed by atoms with E-state index in [4.69, 9.17) is 10.7 Å². The molecule has 5 rings (SSSR count). The lowest BCUT2D eigenvalue weighted by atomic mass is 10.0. The molecule has 134 valence electrons. The van der Waals surface area contributed by atoms with Crippen molar-refractivity contribution in [2.45, 2.75) is 32.1 Å². The van der Waals surface area contributed by atoms with Crippen molar-refractivity contribution in [2.24, 2.45) is 0 Å². The number of nitrogens with two attached hydrogens (primary N) is 1. The number of hydrogen-bond donors (Lipinski definition) is 1. The third kappa shape index (κ3) is 2.81. The predicted molar refractivity (Wildman–Crippen MR) is 113 cm³/mol. The highest BCUT2D eigenvalue weighted by Gasteiger charge is 2.21. The van der Waals surface area contributed by atoms with Crippen LogP contribution in [0.15, 0.2) is 48.5 Å². The number of aryl methyl sites for hydroxylation is 2. The van der Waals surface area contributed by atoms with Crippen molar-refractivity contribution in [1.29, 1.82) is 0 Å². The SMILES string of the molecule is Nc1c(C(=O)c2ccc3ccccc3c2)sc2nc3c(cc12)CCCCC3. The van der Waals surface area contributed by atoms with E-state index in [0.717, 1.165) is 33.8 Å². The van der Waals surface area contributed by atoms with Crippen LogP contribution < -0.4 is 5.73 Å². The zero-order chi connectivity index (χ0) is 18.4. The number of aromatic nitrogens is 1. The fourth-order valence-corrected chi connectivity index (χ4v) is 5.02. The van der Waals surface area contributed by atoms with Crippen LogP contribution >= 0.6 is 11.3 Å². The van der Waals surface area contributed by atoms with Crippen LogP contribution in [0, 0.1) is 0 Å². The first-order valence-electron chi connectivity index (χ1n) is 9.45. The van der Waals surface area contributed by atoms with Gasteiger partial charge in [-0.2, -0.15) is 0 Å². The van der Waals surface area contributed by atoms with Crippen LogP contribution in [-0.2, 0) is 12.8 Å². The van der Waals surface area contributed by atoms with Gasteiger partial charge in [0.1, 0.15) is 9.71 Å². The number of nitrogen functional groups attached to an aromatic ring is 1. The molecule has 0 unspecified atom stereocenters. The molecule has 2 N–H and O–H groups in total. The molecule has 0 atom stereocenters. The number of thiophene rings is 1. The number of carbonyl (C=O) groups is 1. The lowest BCUT2D eigenvalue weighted by Gasteiger charge is -2.05. The van der Waals surface area contributed by atoms with Gasteiger partial charge in [0, 0.05) is 16.6 Å². The van der Waals surface area contributed by atoms with Gasteiger partial charge in [0.2, 0.25) is 5.78 Å². The highest BCUT2D eigenvalue weighted by molar-refractivity contribution is 7.21. The van der Waals surface area contributed by atoms with E-state index in [-0.39, 0.29) is 5.78 Å². The lowest BCUT2D eigenvalue weighted by Crippen LogP contribution is -2.02. The molecule has 4 heteroatoms. The fourth-order valence-electron chi connectivity index (χ4n) is 3.97. The fraction of sp³-hybridized carbons (Fsp3) is 0.217. The Hall–Kier alpha value is -2.72. The second-order valence-corrected chi connectivity index (χ2v) is 8.24. The monoisotopic (exact) mass is 372 g/mol. The molecule has 0 bridgehead atoms. The number of pyridine rings is 1. The topological polar surface area (TPSA) is 56.0 Å². The summed E-state index contributed by atoms with van der Waals surface area (Å²) < 4.78 is 0. The standard InChI is InChI=1S/C23H20N2OS/c24-20-18-13-16-8-2-1-3-9-19(16)25-23(18)27-22(20)21(26)17-11-10-14-6-4-5-7-15(14)12-17/h4-7,10-13H,1-3,8-9,24H2. The maximum atomic E-state index is 13.2. The van der Waals surface area contributed by atoms with Gasteiger partial charge in [-0.05, 0) is 54.2 Å². The summed E-state index contributed by atoms with van der Waals surface area (Å²) in [4.78, 5) is 19.5. The molecule has 1 aliphatic rings. The van der Waals surface area contributed by atoms with Crippen molar-refractivity contribution >= 4 is 43.8 Å². The van der Waals surface area contributed by atoms with E-state index in [2.05, 4.69) is 6.07 Å². The minimum Gasteiger partial charge on any atom is -0.397 e. The van der Waals surface area contributed by atoms with Gasteiger partial charge in [-0.1, -0.05) is 42.8 Å². The molecule has 0 spiro atoms. The summed E-state index contributed by atoms with van der Waals surface area (Å²) in [6.07, 6.45) is 5.73. The van der Waals surface area contributed by atoms with Crippen LogP contribution in [0.4, 0.5) is 5.69 Å². The zero-order valence-electron chi connectivity index (χ0n) is 15.0. The number of nitrogens with zero attached hydrogens (tertiary/aromatic N) is 1. The Bertz CT molecular complexity index is 1190. The Morgan fingerprint density at radius 2 is 1.78 bits per heavy atom. The summed E-state index contributed by atoms with van der Waals surface area (Å²) in [6.45, 7) is 0. The molecule has 2 aromatic heterocycles. The molecule has 0 saturated heterocycles. The molecule has 4 aromatic rings. The summed E-state index contributed by atoms with van der Waals surface area (Å²) >= 11 is 1.43. The molecule has 2 aromatic carbocycles. The van der Waals surface area contributed by atoms with Crippen LogP contribution in [0.5, 0.6) is 0 Å². The lowest BCUT2D eigenvalue weighted by molar-refractivity contribution is 0.104. The van der Waals surface area contributed by atoms with Gasteiger partial charge in [0.25, 0.3) is 0 Å². The number of rotatable bonds is 2. The predicted octanol–water partition coefficient (Wildman–Crippen LogP) is 5.53. The molecule has 0 fully saturated rings. The number of ketones is 1. The van der Waals surface area contributed by atoms with Crippen molar-refractivity contribution in [3.05, 3.63) is 70.2 Å². The Labute approximate surface area is 161 Å². The van der Waals surface area contributed by atoms with E-state index in [1.807, 2.05) is 42.5 Å². The average molecular weight is 372 g/mol. The normalized spacial score (nSPS) is 14.2. The molecule has 0 amide bonds. The Kier molecular flexibility index (Phi) is 3.94. The summed E-state index contributed by atoms with van der Waals surface area (Å²) in [5.74, 6) is -0.0172. The molecular formula is C23H20N2OS. The molecule has 27 heavy (non-hydrogen) atoms. The zero-order valence-corrected chi connectivity index (χ0v) is 15.8. The van der Waals surface area contributed by atoms with Gasteiger partial charge in [-0.25, -0.2) is 4.98 Å². The van der Waals surface area contributed by atoms with Crippen LogP contribution in [-0.4, -0.2) is 10.8 Å². The summed E-state index contributed by atoms with van der Waals surface area (Å²) in [5, 5.41) is 3.13. The van der Waals surface area contributed by atoms with Crippen molar-refractivity contribution < 1.29 is 4.79 Å². The Morgan fingerprint density at radius 3 is 2.67 bits per heavy atom. The first kappa shape index (κ1) is 16.5. The molecule has 3 nitrogen and oxygen atoms in total. The molecular weight excluding hydrogens is 352 g/mol. The van der Waals surface area contributed by atoms with Crippen LogP contribution in [0.25, 0.3) is 21.0 Å². The minimum absolute atomic E-state index is 0.0172. The molecule has 1 aliphatic carbocycles. The number of carbonyl (C=O) groups excluding carboxylic acids is 1. The first-order valence-corrected chi connectivity index (χ1v) is 10.3. The first-order chi connectivity index (χ1) is 13.2. The Balaban J connectivity index is 1.61. The van der Waals surface area contributed by atoms with Gasteiger partial charge in [0.15, 0.2) is 0 Å². The van der Waals surface area contributed by atoms with Crippen LogP contribution in [0.3, 0.4) is 0 Å². The van der Waals surface area contributed by atoms with Gasteiger partial charge < -0.3 is 5.73 Å². The largest absolute Gasteiger partial charge is 0.397 e. The van der Waals surface area contributed by atoms with Crippen molar-refractivity contribution in [1.82, 2.24) is 4.98 Å². The van der Waals surface area contributed by atoms with E-state index in [0.29, 0.717) is 16.1 Å². The van der Waals surface area contributed by atoms with Crippen molar-refractivity contribution in [3.8, 4) is 0 Å². The second-order valence-electron chi connectivity index (χ2n) is 7.24. The number of benzene rings is 2. The van der Waals surface area contributed by atoms with E-state index in [9.17, 15) is 4.79 Å². The summed E-state index contributed by atoms with van der Waals surface area (Å²) in [7, 11) is 0. The third-order valence-electron chi connectivity index (χ3n) is 5.47. The maximum absolute atomic E-state index is 13.2. The molecule has 0 aliphatic heterocycles. The molecule has 2 heterocycles. The van der Waals surface area contributed by atoms with Crippen LogP contribution in [0.1, 0.15) is 45.8 Å². The number of anilines is 1. The van der Waals surface area contributed by atoms with Crippen molar-refractivity contribution in [2.75, 3.05) is 5.73 Å². The van der Waals surface area contributed by atoms with E-state index in [1.54, 1.807) is 0 Å². The summed E-state index contributed by atoms with van der Waals surface area (Å²) in [5.41, 5.74) is 10.1. The van der Waals surface area contributed by atoms with Crippen LogP contribution in [0.2, 0.25) is 0 Å². The molecule has 0 saturated carbocycles. The number of fused-ring (bicyclic) bond motifs is 3. The van der Waals surface area contributed by atoms with Gasteiger partial charge in [-0.15, -0.1) is 11.3 Å². The highest BCUT2D eigenvalue weighted by Crippen LogP contribution is 2.36. The average Bonchev–Trinajstić information content (AvgIpc) is 2.87. The van der Waals surface area contributed by atoms with Gasteiger partial charge in [0.05, 0.1) is 5.69 Å². The number of hydrogen-bond acceptors (Lipinski definition) is 4. The smallest absolute Gasteiger partial charge is 0.205 e. The molecule has 0 radical (unpaired) electrons. The Morgan fingerprint density at radius 1 is 0.963 bits per heavy atom. The van der Waals surface area contributed by atoms with Gasteiger partial charge >= 0.3 is 0 Å². The second kappa shape index (κ2) is 6.46. The summed E-state index contributed by atoms with van der Waals surface area (Å²) in [6, 6.07) is 16.1. The maximum Gasteiger partial charge on any atom is 0.205 e. The van der Waals surface area contributed by atoms with E-state index in [1.165, 1.54) is 41.9 Å². The quantitative estimate of drug-likeness (QED) is 0.372. The van der Waals surface area contributed by atoms with Crippen molar-refractivity contribution in [3.63, 3.8) is 0 Å². The third-order valence-corrected chi connectivity index (χ3v) is 6.58. The van der Waals surface area contributed by atoms with E-state index >= 15 is 0 Å². The minimum atomic E-state index is -0.0172.